The van der Waals surface area contributed by atoms with Crippen LogP contribution in [0.15, 0.2) is 24.3 Å². The predicted octanol–water partition coefficient (Wildman–Crippen LogP) is 1.71. The maximum absolute atomic E-state index is 12.3. The summed E-state index contributed by atoms with van der Waals surface area (Å²) < 4.78 is 5.67. The molecule has 1 aromatic carbocycles. The molecule has 1 aromatic rings. The highest BCUT2D eigenvalue weighted by atomic mass is 16.5. The average molecular weight is 277 g/mol. The first kappa shape index (κ1) is 14.8. The zero-order chi connectivity index (χ0) is 14.8. The number of anilines is 2. The van der Waals surface area contributed by atoms with Crippen molar-refractivity contribution in [3.63, 3.8) is 0 Å². The van der Waals surface area contributed by atoms with Gasteiger partial charge in [-0.3, -0.25) is 9.69 Å². The highest BCUT2D eigenvalue weighted by molar-refractivity contribution is 5.97. The number of morpholine rings is 1. The summed E-state index contributed by atoms with van der Waals surface area (Å²) in [4.78, 5) is 14.5. The molecular weight excluding hydrogens is 254 g/mol. The highest BCUT2D eigenvalue weighted by Gasteiger charge is 2.32. The molecular formula is C15H23N3O2. The number of nitrogens with zero attached hydrogens (tertiary/aromatic N) is 1. The van der Waals surface area contributed by atoms with Gasteiger partial charge in [0.05, 0.1) is 29.6 Å². The minimum Gasteiger partial charge on any atom is -0.397 e. The van der Waals surface area contributed by atoms with Gasteiger partial charge in [0.1, 0.15) is 0 Å². The normalized spacial score (nSPS) is 20.4. The van der Waals surface area contributed by atoms with E-state index < -0.39 is 0 Å². The maximum Gasteiger partial charge on any atom is 0.241 e. The molecule has 0 saturated carbocycles. The van der Waals surface area contributed by atoms with Crippen LogP contribution in [0.5, 0.6) is 0 Å². The van der Waals surface area contributed by atoms with Gasteiger partial charge in [-0.15, -0.1) is 0 Å². The molecule has 20 heavy (non-hydrogen) atoms. The Morgan fingerprint density at radius 3 is 2.80 bits per heavy atom. The molecule has 3 N–H and O–H groups in total. The van der Waals surface area contributed by atoms with Crippen molar-refractivity contribution in [1.29, 1.82) is 0 Å². The van der Waals surface area contributed by atoms with Gasteiger partial charge in [-0.05, 0) is 32.9 Å². The number of benzene rings is 1. The molecule has 0 aliphatic carbocycles. The first-order valence-corrected chi connectivity index (χ1v) is 6.92. The fourth-order valence-corrected chi connectivity index (χ4v) is 2.40. The molecule has 2 rings (SSSR count). The molecule has 1 aliphatic rings. The molecule has 1 aliphatic heterocycles. The summed E-state index contributed by atoms with van der Waals surface area (Å²) in [6, 6.07) is 7.08. The third kappa shape index (κ3) is 3.49. The van der Waals surface area contributed by atoms with Gasteiger partial charge in [-0.2, -0.15) is 0 Å². The van der Waals surface area contributed by atoms with Gasteiger partial charge in [0.25, 0.3) is 0 Å². The number of nitrogens with one attached hydrogen (secondary N) is 1. The van der Waals surface area contributed by atoms with E-state index in [2.05, 4.69) is 10.2 Å². The van der Waals surface area contributed by atoms with E-state index in [-0.39, 0.29) is 17.6 Å². The van der Waals surface area contributed by atoms with Gasteiger partial charge in [0, 0.05) is 13.1 Å². The van der Waals surface area contributed by atoms with Crippen LogP contribution < -0.4 is 11.1 Å². The minimum atomic E-state index is -0.210. The molecule has 5 nitrogen and oxygen atoms in total. The predicted molar refractivity (Wildman–Crippen MR) is 80.6 cm³/mol. The molecule has 5 heteroatoms. The number of rotatable bonds is 3. The lowest BCUT2D eigenvalue weighted by molar-refractivity contribution is -0.129. The lowest BCUT2D eigenvalue weighted by atomic mass is 10.1. The van der Waals surface area contributed by atoms with E-state index in [1.165, 1.54) is 0 Å². The summed E-state index contributed by atoms with van der Waals surface area (Å²) >= 11 is 0. The SMILES string of the molecule is CC(C(=O)Nc1ccccc1N)N1CCOC(C)(C)C1. The van der Waals surface area contributed by atoms with Crippen LogP contribution in [-0.2, 0) is 9.53 Å². The summed E-state index contributed by atoms with van der Waals surface area (Å²) in [5.74, 6) is -0.0411. The smallest absolute Gasteiger partial charge is 0.241 e. The number of hydrogen-bond donors (Lipinski definition) is 2. The van der Waals surface area contributed by atoms with Crippen LogP contribution in [0.3, 0.4) is 0 Å². The molecule has 0 bridgehead atoms. The second-order valence-corrected chi connectivity index (χ2v) is 5.83. The van der Waals surface area contributed by atoms with Crippen LogP contribution in [0, 0.1) is 0 Å². The molecule has 1 fully saturated rings. The van der Waals surface area contributed by atoms with E-state index in [1.54, 1.807) is 6.07 Å². The van der Waals surface area contributed by atoms with Gasteiger partial charge in [-0.25, -0.2) is 0 Å². The second kappa shape index (κ2) is 5.81. The number of nitrogen functional groups attached to an aromatic ring is 1. The Bertz CT molecular complexity index is 488. The van der Waals surface area contributed by atoms with Crippen LogP contribution in [0.1, 0.15) is 20.8 Å². The van der Waals surface area contributed by atoms with Crippen molar-refractivity contribution < 1.29 is 9.53 Å². The third-order valence-corrected chi connectivity index (χ3v) is 3.60. The Hall–Kier alpha value is -1.59. The van der Waals surface area contributed by atoms with Gasteiger partial charge < -0.3 is 15.8 Å². The molecule has 0 spiro atoms. The van der Waals surface area contributed by atoms with E-state index in [0.29, 0.717) is 18.0 Å². The van der Waals surface area contributed by atoms with Crippen molar-refractivity contribution in [3.05, 3.63) is 24.3 Å². The van der Waals surface area contributed by atoms with Crippen molar-refractivity contribution in [1.82, 2.24) is 4.90 Å². The molecule has 1 amide bonds. The lowest BCUT2D eigenvalue weighted by Gasteiger charge is -2.40. The topological polar surface area (TPSA) is 67.6 Å². The maximum atomic E-state index is 12.3. The monoisotopic (exact) mass is 277 g/mol. The number of ether oxygens (including phenoxy) is 1. The standard InChI is InChI=1S/C15H23N3O2/c1-11(18-8-9-20-15(2,3)10-18)14(19)17-13-7-5-4-6-12(13)16/h4-7,11H,8-10,16H2,1-3H3,(H,17,19). The number of carbonyl (C=O) groups excluding carboxylic acids is 1. The van der Waals surface area contributed by atoms with E-state index in [4.69, 9.17) is 10.5 Å². The van der Waals surface area contributed by atoms with E-state index >= 15 is 0 Å². The summed E-state index contributed by atoms with van der Waals surface area (Å²) in [6.45, 7) is 8.15. The number of hydrogen-bond acceptors (Lipinski definition) is 4. The number of nitrogens with two attached hydrogens (primary N) is 1. The van der Waals surface area contributed by atoms with Crippen molar-refractivity contribution >= 4 is 17.3 Å². The molecule has 1 heterocycles. The third-order valence-electron chi connectivity index (χ3n) is 3.60. The zero-order valence-electron chi connectivity index (χ0n) is 12.3. The fraction of sp³-hybridized carbons (Fsp3) is 0.533. The van der Waals surface area contributed by atoms with E-state index in [1.807, 2.05) is 39.0 Å². The molecule has 1 atom stereocenters. The molecule has 110 valence electrons. The number of carbonyl (C=O) groups is 1. The van der Waals surface area contributed by atoms with Crippen LogP contribution >= 0.6 is 0 Å². The number of amides is 1. The first-order chi connectivity index (χ1) is 9.39. The Kier molecular flexibility index (Phi) is 4.30. The van der Waals surface area contributed by atoms with Gasteiger partial charge in [-0.1, -0.05) is 12.1 Å². The minimum absolute atomic E-state index is 0.0411. The van der Waals surface area contributed by atoms with Crippen LogP contribution in [0.2, 0.25) is 0 Å². The quantitative estimate of drug-likeness (QED) is 0.825. The van der Waals surface area contributed by atoms with Crippen LogP contribution in [0.25, 0.3) is 0 Å². The number of para-hydroxylation sites is 2. The summed E-state index contributed by atoms with van der Waals surface area (Å²) in [7, 11) is 0. The van der Waals surface area contributed by atoms with Crippen LogP contribution in [-0.4, -0.2) is 42.1 Å². The Labute approximate surface area is 120 Å². The van der Waals surface area contributed by atoms with Gasteiger partial charge >= 0.3 is 0 Å². The fourth-order valence-electron chi connectivity index (χ4n) is 2.40. The molecule has 1 saturated heterocycles. The second-order valence-electron chi connectivity index (χ2n) is 5.83. The van der Waals surface area contributed by atoms with Gasteiger partial charge in [0.2, 0.25) is 5.91 Å². The Balaban J connectivity index is 2.00. The molecule has 1 unspecified atom stereocenters. The Morgan fingerprint density at radius 1 is 1.45 bits per heavy atom. The zero-order valence-corrected chi connectivity index (χ0v) is 12.3. The average Bonchev–Trinajstić information content (AvgIpc) is 2.39. The Morgan fingerprint density at radius 2 is 2.15 bits per heavy atom. The van der Waals surface area contributed by atoms with E-state index in [9.17, 15) is 4.79 Å². The van der Waals surface area contributed by atoms with Gasteiger partial charge in [0.15, 0.2) is 0 Å². The van der Waals surface area contributed by atoms with Crippen molar-refractivity contribution in [2.45, 2.75) is 32.4 Å². The molecule has 0 radical (unpaired) electrons. The largest absolute Gasteiger partial charge is 0.397 e. The highest BCUT2D eigenvalue weighted by Crippen LogP contribution is 2.20. The molecule has 0 aromatic heterocycles. The lowest BCUT2D eigenvalue weighted by Crippen LogP contribution is -2.54. The summed E-state index contributed by atoms with van der Waals surface area (Å²) in [5.41, 5.74) is 6.88. The summed E-state index contributed by atoms with van der Waals surface area (Å²) in [6.07, 6.45) is 0. The van der Waals surface area contributed by atoms with Crippen molar-refractivity contribution in [2.75, 3.05) is 30.7 Å². The van der Waals surface area contributed by atoms with Crippen LogP contribution in [0.4, 0.5) is 11.4 Å². The van der Waals surface area contributed by atoms with E-state index in [0.717, 1.165) is 13.1 Å². The van der Waals surface area contributed by atoms with Crippen molar-refractivity contribution in [2.24, 2.45) is 0 Å². The summed E-state index contributed by atoms with van der Waals surface area (Å²) in [5, 5.41) is 2.89. The van der Waals surface area contributed by atoms with Crippen molar-refractivity contribution in [3.8, 4) is 0 Å². The first-order valence-electron chi connectivity index (χ1n) is 6.92.